The van der Waals surface area contributed by atoms with E-state index in [2.05, 4.69) is 0 Å². The second-order valence-corrected chi connectivity index (χ2v) is 3.28. The van der Waals surface area contributed by atoms with Gasteiger partial charge >= 0.3 is 5.97 Å². The van der Waals surface area contributed by atoms with E-state index in [-0.39, 0.29) is 27.3 Å². The van der Waals surface area contributed by atoms with Gasteiger partial charge in [-0.3, -0.25) is 0 Å². The van der Waals surface area contributed by atoms with E-state index < -0.39 is 5.97 Å². The van der Waals surface area contributed by atoms with Gasteiger partial charge in [0.25, 0.3) is 0 Å². The Labute approximate surface area is 108 Å². The van der Waals surface area contributed by atoms with Crippen molar-refractivity contribution in [2.45, 2.75) is 6.92 Å². The number of aromatic carboxylic acids is 1. The summed E-state index contributed by atoms with van der Waals surface area (Å²) in [5.41, 5.74) is 1.47. The van der Waals surface area contributed by atoms with E-state index in [1.807, 2.05) is 31.2 Å². The first-order valence-corrected chi connectivity index (χ1v) is 4.42. The SMILES string of the molecule is Cc1cccc2c(C(=O)O)cccc12.[Cd]. The predicted molar refractivity (Wildman–Crippen MR) is 55.6 cm³/mol. The zero-order valence-corrected chi connectivity index (χ0v) is 12.6. The summed E-state index contributed by atoms with van der Waals surface area (Å²) in [6.45, 7) is 1.98. The molecule has 2 aromatic rings. The van der Waals surface area contributed by atoms with Crippen LogP contribution in [0.25, 0.3) is 10.8 Å². The smallest absolute Gasteiger partial charge is 0.336 e. The first kappa shape index (κ1) is 12.2. The van der Waals surface area contributed by atoms with Gasteiger partial charge in [-0.15, -0.1) is 0 Å². The van der Waals surface area contributed by atoms with E-state index in [4.69, 9.17) is 5.11 Å². The molecule has 3 heteroatoms. The van der Waals surface area contributed by atoms with E-state index >= 15 is 0 Å². The van der Waals surface area contributed by atoms with E-state index in [0.717, 1.165) is 16.3 Å². The molecule has 0 radical (unpaired) electrons. The van der Waals surface area contributed by atoms with Crippen molar-refractivity contribution in [3.05, 3.63) is 47.5 Å². The van der Waals surface area contributed by atoms with Crippen LogP contribution in [0, 0.1) is 6.92 Å². The zero-order chi connectivity index (χ0) is 10.1. The number of rotatable bonds is 1. The average Bonchev–Trinajstić information content (AvgIpc) is 2.17. The van der Waals surface area contributed by atoms with Gasteiger partial charge in [0, 0.05) is 27.3 Å². The summed E-state index contributed by atoms with van der Waals surface area (Å²) in [6.07, 6.45) is 0. The minimum atomic E-state index is -0.874. The van der Waals surface area contributed by atoms with Crippen molar-refractivity contribution in [3.63, 3.8) is 0 Å². The molecule has 0 unspecified atom stereocenters. The maximum atomic E-state index is 10.9. The molecule has 0 aromatic heterocycles. The third-order valence-electron chi connectivity index (χ3n) is 2.37. The molecule has 2 nitrogen and oxygen atoms in total. The molecule has 0 heterocycles. The molecule has 0 saturated carbocycles. The molecule has 2 aromatic carbocycles. The first-order valence-electron chi connectivity index (χ1n) is 4.42. The summed E-state index contributed by atoms with van der Waals surface area (Å²) in [6, 6.07) is 11.0. The van der Waals surface area contributed by atoms with E-state index in [1.54, 1.807) is 12.1 Å². The van der Waals surface area contributed by atoms with Crippen molar-refractivity contribution in [2.75, 3.05) is 0 Å². The van der Waals surface area contributed by atoms with Crippen LogP contribution in [0.3, 0.4) is 0 Å². The summed E-state index contributed by atoms with van der Waals surface area (Å²) in [5, 5.41) is 10.8. The molecule has 0 aliphatic heterocycles. The first-order chi connectivity index (χ1) is 6.70. The fraction of sp³-hybridized carbons (Fsp3) is 0.0833. The Bertz CT molecular complexity index is 506. The Morgan fingerprint density at radius 1 is 1.07 bits per heavy atom. The minimum absolute atomic E-state index is 0. The molecule has 2 rings (SSSR count). The van der Waals surface area contributed by atoms with Gasteiger partial charge in [0.15, 0.2) is 0 Å². The van der Waals surface area contributed by atoms with E-state index in [1.165, 1.54) is 0 Å². The van der Waals surface area contributed by atoms with Crippen molar-refractivity contribution >= 4 is 16.7 Å². The van der Waals surface area contributed by atoms with Gasteiger partial charge in [-0.2, -0.15) is 0 Å². The van der Waals surface area contributed by atoms with E-state index in [0.29, 0.717) is 5.56 Å². The van der Waals surface area contributed by atoms with Crippen LogP contribution in [-0.2, 0) is 27.3 Å². The van der Waals surface area contributed by atoms with Crippen LogP contribution < -0.4 is 0 Å². The number of hydrogen-bond acceptors (Lipinski definition) is 1. The standard InChI is InChI=1S/C12H10O2.Cd/c1-8-4-2-6-10-9(8)5-3-7-11(10)12(13)14;/h2-7H,1H3,(H,13,14);. The quantitative estimate of drug-likeness (QED) is 0.822. The third kappa shape index (κ3) is 2.19. The summed E-state index contributed by atoms with van der Waals surface area (Å²) < 4.78 is 0. The number of aryl methyl sites for hydroxylation is 1. The predicted octanol–water partition coefficient (Wildman–Crippen LogP) is 2.84. The third-order valence-corrected chi connectivity index (χ3v) is 2.37. The Kier molecular flexibility index (Phi) is 3.85. The molecule has 0 aliphatic carbocycles. The molecule has 15 heavy (non-hydrogen) atoms. The number of benzene rings is 2. The van der Waals surface area contributed by atoms with Crippen LogP contribution in [0.15, 0.2) is 36.4 Å². The molecule has 0 atom stereocenters. The summed E-state index contributed by atoms with van der Waals surface area (Å²) >= 11 is 0. The van der Waals surface area contributed by atoms with Crippen molar-refractivity contribution in [1.29, 1.82) is 0 Å². The zero-order valence-electron chi connectivity index (χ0n) is 8.53. The minimum Gasteiger partial charge on any atom is -0.478 e. The molecule has 1 N–H and O–H groups in total. The van der Waals surface area contributed by atoms with E-state index in [9.17, 15) is 4.79 Å². The molecule has 0 bridgehead atoms. The fourth-order valence-electron chi connectivity index (χ4n) is 1.65. The number of hydrogen-bond donors (Lipinski definition) is 1. The molecule has 0 saturated heterocycles. The normalized spacial score (nSPS) is 9.67. The van der Waals surface area contributed by atoms with Gasteiger partial charge in [-0.25, -0.2) is 4.79 Å². The fourth-order valence-corrected chi connectivity index (χ4v) is 1.65. The van der Waals surface area contributed by atoms with Crippen LogP contribution >= 0.6 is 0 Å². The largest absolute Gasteiger partial charge is 0.478 e. The molecule has 0 aliphatic rings. The van der Waals surface area contributed by atoms with Gasteiger partial charge in [0.05, 0.1) is 5.56 Å². The average molecular weight is 299 g/mol. The monoisotopic (exact) mass is 300 g/mol. The van der Waals surface area contributed by atoms with Gasteiger partial charge in [0.2, 0.25) is 0 Å². The Hall–Kier alpha value is -0.908. The van der Waals surface area contributed by atoms with Crippen molar-refractivity contribution in [3.8, 4) is 0 Å². The van der Waals surface area contributed by atoms with Crippen LogP contribution in [0.5, 0.6) is 0 Å². The second kappa shape index (κ2) is 4.74. The van der Waals surface area contributed by atoms with Gasteiger partial charge in [0.1, 0.15) is 0 Å². The summed E-state index contributed by atoms with van der Waals surface area (Å²) in [4.78, 5) is 10.9. The molecule has 0 spiro atoms. The van der Waals surface area contributed by atoms with Crippen LogP contribution in [-0.4, -0.2) is 11.1 Å². The van der Waals surface area contributed by atoms with Crippen molar-refractivity contribution in [2.24, 2.45) is 0 Å². The number of fused-ring (bicyclic) bond motifs is 1. The number of carboxylic acid groups (broad SMARTS) is 1. The Morgan fingerprint density at radius 2 is 1.67 bits per heavy atom. The second-order valence-electron chi connectivity index (χ2n) is 3.28. The van der Waals surface area contributed by atoms with Gasteiger partial charge in [-0.1, -0.05) is 30.3 Å². The molecule has 72 valence electrons. The Morgan fingerprint density at radius 3 is 2.33 bits per heavy atom. The van der Waals surface area contributed by atoms with Crippen LogP contribution in [0.4, 0.5) is 0 Å². The molecule has 0 amide bonds. The molecular weight excluding hydrogens is 289 g/mol. The molecule has 0 fully saturated rings. The summed E-state index contributed by atoms with van der Waals surface area (Å²) in [7, 11) is 0. The summed E-state index contributed by atoms with van der Waals surface area (Å²) in [5.74, 6) is -0.874. The van der Waals surface area contributed by atoms with Gasteiger partial charge < -0.3 is 5.11 Å². The van der Waals surface area contributed by atoms with Crippen molar-refractivity contribution < 1.29 is 37.2 Å². The maximum Gasteiger partial charge on any atom is 0.336 e. The Balaban J connectivity index is 0.00000112. The van der Waals surface area contributed by atoms with Crippen LogP contribution in [0.2, 0.25) is 0 Å². The molecular formula is C12H10CdO2. The number of carboxylic acids is 1. The number of carbonyl (C=O) groups is 1. The van der Waals surface area contributed by atoms with Crippen LogP contribution in [0.1, 0.15) is 15.9 Å². The van der Waals surface area contributed by atoms with Gasteiger partial charge in [-0.05, 0) is 29.3 Å². The maximum absolute atomic E-state index is 10.9. The topological polar surface area (TPSA) is 37.3 Å². The van der Waals surface area contributed by atoms with Crippen molar-refractivity contribution in [1.82, 2.24) is 0 Å².